The molecule has 0 saturated carbocycles. The van der Waals surface area contributed by atoms with Crippen molar-refractivity contribution >= 4 is 18.0 Å². The highest BCUT2D eigenvalue weighted by atomic mass is 16.5. The molecule has 2 amide bonds. The molecule has 0 heterocycles. The topological polar surface area (TPSA) is 98.2 Å². The zero-order valence-corrected chi connectivity index (χ0v) is 17.4. The van der Waals surface area contributed by atoms with Crippen molar-refractivity contribution in [3.05, 3.63) is 53.6 Å². The summed E-state index contributed by atoms with van der Waals surface area (Å²) in [5.41, 5.74) is 3.52. The lowest BCUT2D eigenvalue weighted by molar-refractivity contribution is -0.120. The molecule has 0 saturated heterocycles. The zero-order chi connectivity index (χ0) is 21.8. The first-order valence-electron chi connectivity index (χ1n) is 9.62. The largest absolute Gasteiger partial charge is 0.494 e. The minimum atomic E-state index is -0.449. The van der Waals surface area contributed by atoms with Gasteiger partial charge in [-0.15, -0.1) is 0 Å². The van der Waals surface area contributed by atoms with E-state index in [0.717, 1.165) is 24.2 Å². The molecular formula is C22H27N3O5. The number of benzene rings is 2. The summed E-state index contributed by atoms with van der Waals surface area (Å²) in [5.74, 6) is 0.837. The molecule has 0 spiro atoms. The van der Waals surface area contributed by atoms with E-state index in [-0.39, 0.29) is 6.54 Å². The molecule has 30 heavy (non-hydrogen) atoms. The summed E-state index contributed by atoms with van der Waals surface area (Å²) in [6.45, 7) is 2.55. The van der Waals surface area contributed by atoms with E-state index in [9.17, 15) is 9.59 Å². The maximum atomic E-state index is 12.2. The molecule has 8 heteroatoms. The Bertz CT molecular complexity index is 883. The lowest BCUT2D eigenvalue weighted by Crippen LogP contribution is -2.34. The monoisotopic (exact) mass is 413 g/mol. The summed E-state index contributed by atoms with van der Waals surface area (Å²) in [6.07, 6.45) is 3.57. The third-order valence-electron chi connectivity index (χ3n) is 4.08. The molecule has 0 unspecified atom stereocenters. The number of amides is 2. The van der Waals surface area contributed by atoms with Crippen molar-refractivity contribution in [1.82, 2.24) is 10.7 Å². The van der Waals surface area contributed by atoms with Crippen LogP contribution >= 0.6 is 0 Å². The summed E-state index contributed by atoms with van der Waals surface area (Å²) in [5, 5.41) is 6.44. The van der Waals surface area contributed by atoms with E-state index in [4.69, 9.17) is 14.2 Å². The molecule has 2 aromatic rings. The van der Waals surface area contributed by atoms with Crippen molar-refractivity contribution in [2.75, 3.05) is 27.4 Å². The Morgan fingerprint density at radius 1 is 1.07 bits per heavy atom. The van der Waals surface area contributed by atoms with Crippen LogP contribution in [0.1, 0.15) is 35.7 Å². The molecule has 2 aromatic carbocycles. The van der Waals surface area contributed by atoms with Crippen LogP contribution in [0.5, 0.6) is 17.2 Å². The maximum absolute atomic E-state index is 12.2. The van der Waals surface area contributed by atoms with Crippen molar-refractivity contribution in [3.63, 3.8) is 0 Å². The predicted octanol–water partition coefficient (Wildman–Crippen LogP) is 2.76. The molecule has 2 N–H and O–H groups in total. The maximum Gasteiger partial charge on any atom is 0.259 e. The Balaban J connectivity index is 1.82. The molecular weight excluding hydrogens is 386 g/mol. The number of carbonyl (C=O) groups is 2. The highest BCUT2D eigenvalue weighted by Crippen LogP contribution is 2.27. The number of unbranched alkanes of at least 4 members (excludes halogenated alkanes) is 1. The standard InChI is InChI=1S/C22H27N3O5/c1-4-5-11-30-18-8-6-7-16(12-18)14-24-25-21(26)15-23-22(27)17-9-10-19(28-2)20(13-17)29-3/h6-10,12-14H,4-5,11,15H2,1-3H3,(H,23,27)(H,25,26). The van der Waals surface area contributed by atoms with Gasteiger partial charge in [-0.2, -0.15) is 5.10 Å². The molecule has 0 fully saturated rings. The van der Waals surface area contributed by atoms with Gasteiger partial charge in [-0.1, -0.05) is 25.5 Å². The first kappa shape index (κ1) is 22.7. The van der Waals surface area contributed by atoms with Gasteiger partial charge in [-0.25, -0.2) is 5.43 Å². The van der Waals surface area contributed by atoms with Crippen LogP contribution in [0.4, 0.5) is 0 Å². The van der Waals surface area contributed by atoms with Crippen LogP contribution in [0.3, 0.4) is 0 Å². The van der Waals surface area contributed by atoms with Crippen molar-refractivity contribution in [2.24, 2.45) is 5.10 Å². The van der Waals surface area contributed by atoms with Crippen LogP contribution in [0.25, 0.3) is 0 Å². The van der Waals surface area contributed by atoms with Gasteiger partial charge in [0.15, 0.2) is 11.5 Å². The third-order valence-corrected chi connectivity index (χ3v) is 4.08. The van der Waals surface area contributed by atoms with Gasteiger partial charge in [-0.05, 0) is 42.3 Å². The van der Waals surface area contributed by atoms with Crippen LogP contribution in [0, 0.1) is 0 Å². The average Bonchev–Trinajstić information content (AvgIpc) is 2.77. The lowest BCUT2D eigenvalue weighted by atomic mass is 10.2. The second-order valence-electron chi connectivity index (χ2n) is 6.32. The van der Waals surface area contributed by atoms with Gasteiger partial charge in [0.1, 0.15) is 5.75 Å². The average molecular weight is 413 g/mol. The Hall–Kier alpha value is -3.55. The number of hydrogen-bond donors (Lipinski definition) is 2. The molecule has 2 rings (SSSR count). The highest BCUT2D eigenvalue weighted by molar-refractivity contribution is 5.97. The van der Waals surface area contributed by atoms with Crippen LogP contribution in [0.2, 0.25) is 0 Å². The lowest BCUT2D eigenvalue weighted by Gasteiger charge is -2.09. The summed E-state index contributed by atoms with van der Waals surface area (Å²) < 4.78 is 15.9. The van der Waals surface area contributed by atoms with Gasteiger partial charge in [0.2, 0.25) is 0 Å². The fraction of sp³-hybridized carbons (Fsp3) is 0.318. The molecule has 0 atom stereocenters. The second-order valence-corrected chi connectivity index (χ2v) is 6.32. The van der Waals surface area contributed by atoms with E-state index in [1.165, 1.54) is 20.4 Å². The first-order valence-corrected chi connectivity index (χ1v) is 9.62. The Kier molecular flexibility index (Phi) is 9.18. The van der Waals surface area contributed by atoms with Crippen LogP contribution in [0.15, 0.2) is 47.6 Å². The summed E-state index contributed by atoms with van der Waals surface area (Å²) in [4.78, 5) is 24.1. The molecule has 0 aliphatic carbocycles. The van der Waals surface area contributed by atoms with Crippen molar-refractivity contribution < 1.29 is 23.8 Å². The normalized spacial score (nSPS) is 10.5. The van der Waals surface area contributed by atoms with Gasteiger partial charge in [-0.3, -0.25) is 9.59 Å². The fourth-order valence-electron chi connectivity index (χ4n) is 2.48. The number of ether oxygens (including phenoxy) is 3. The van der Waals surface area contributed by atoms with Crippen molar-refractivity contribution in [3.8, 4) is 17.2 Å². The van der Waals surface area contributed by atoms with E-state index >= 15 is 0 Å². The number of hydrogen-bond acceptors (Lipinski definition) is 6. The van der Waals surface area contributed by atoms with E-state index in [0.29, 0.717) is 23.7 Å². The molecule has 0 aliphatic heterocycles. The molecule has 8 nitrogen and oxygen atoms in total. The fourth-order valence-corrected chi connectivity index (χ4v) is 2.48. The van der Waals surface area contributed by atoms with Crippen molar-refractivity contribution in [2.45, 2.75) is 19.8 Å². The Morgan fingerprint density at radius 3 is 2.60 bits per heavy atom. The molecule has 0 radical (unpaired) electrons. The molecule has 160 valence electrons. The minimum absolute atomic E-state index is 0.218. The van der Waals surface area contributed by atoms with Gasteiger partial charge in [0.25, 0.3) is 11.8 Å². The molecule has 0 aliphatic rings. The number of nitrogens with one attached hydrogen (secondary N) is 2. The summed E-state index contributed by atoms with van der Waals surface area (Å²) >= 11 is 0. The van der Waals surface area contributed by atoms with Crippen LogP contribution < -0.4 is 25.0 Å². The van der Waals surface area contributed by atoms with Gasteiger partial charge in [0.05, 0.1) is 33.6 Å². The summed E-state index contributed by atoms with van der Waals surface area (Å²) in [7, 11) is 3.00. The van der Waals surface area contributed by atoms with Crippen LogP contribution in [-0.4, -0.2) is 45.4 Å². The Morgan fingerprint density at radius 2 is 1.87 bits per heavy atom. The predicted molar refractivity (Wildman–Crippen MR) is 114 cm³/mol. The number of nitrogens with zero attached hydrogens (tertiary/aromatic N) is 1. The van der Waals surface area contributed by atoms with Crippen LogP contribution in [-0.2, 0) is 4.79 Å². The smallest absolute Gasteiger partial charge is 0.259 e. The third kappa shape index (κ3) is 7.12. The minimum Gasteiger partial charge on any atom is -0.494 e. The second kappa shape index (κ2) is 12.1. The quantitative estimate of drug-likeness (QED) is 0.335. The number of carbonyl (C=O) groups excluding carboxylic acids is 2. The van der Waals surface area contributed by atoms with E-state index in [2.05, 4.69) is 22.8 Å². The first-order chi connectivity index (χ1) is 14.6. The Labute approximate surface area is 176 Å². The highest BCUT2D eigenvalue weighted by Gasteiger charge is 2.11. The summed E-state index contributed by atoms with van der Waals surface area (Å²) in [6, 6.07) is 12.2. The van der Waals surface area contributed by atoms with Gasteiger partial charge >= 0.3 is 0 Å². The zero-order valence-electron chi connectivity index (χ0n) is 17.4. The molecule has 0 bridgehead atoms. The van der Waals surface area contributed by atoms with Crippen molar-refractivity contribution in [1.29, 1.82) is 0 Å². The van der Waals surface area contributed by atoms with Gasteiger partial charge < -0.3 is 19.5 Å². The van der Waals surface area contributed by atoms with Gasteiger partial charge in [0, 0.05) is 5.56 Å². The molecule has 0 aromatic heterocycles. The number of hydrazone groups is 1. The number of methoxy groups -OCH3 is 2. The van der Waals surface area contributed by atoms with E-state index in [1.54, 1.807) is 18.2 Å². The van der Waals surface area contributed by atoms with E-state index in [1.807, 2.05) is 24.3 Å². The SMILES string of the molecule is CCCCOc1cccc(C=NNC(=O)CNC(=O)c2ccc(OC)c(OC)c2)c1. The van der Waals surface area contributed by atoms with E-state index < -0.39 is 11.8 Å². The number of rotatable bonds is 11.